The fourth-order valence-electron chi connectivity index (χ4n) is 1.39. The van der Waals surface area contributed by atoms with Crippen LogP contribution in [0.4, 0.5) is 19.1 Å². The highest BCUT2D eigenvalue weighted by Crippen LogP contribution is 2.26. The van der Waals surface area contributed by atoms with Gasteiger partial charge in [0.05, 0.1) is 5.69 Å². The molecule has 1 saturated carbocycles. The van der Waals surface area contributed by atoms with Crippen molar-refractivity contribution in [2.24, 2.45) is 0 Å². The molecule has 6 heteroatoms. The lowest BCUT2D eigenvalue weighted by atomic mass is 10.5. The number of halogens is 3. The average molecular weight is 219 g/mol. The molecule has 0 atom stereocenters. The molecule has 2 rings (SSSR count). The van der Waals surface area contributed by atoms with Crippen LogP contribution in [0.3, 0.4) is 0 Å². The highest BCUT2D eigenvalue weighted by Gasteiger charge is 2.30. The summed E-state index contributed by atoms with van der Waals surface area (Å²) in [6.07, 6.45) is -0.763. The molecule has 1 aliphatic carbocycles. The van der Waals surface area contributed by atoms with Gasteiger partial charge in [-0.15, -0.1) is 0 Å². The van der Waals surface area contributed by atoms with Crippen LogP contribution in [-0.2, 0) is 6.54 Å². The van der Waals surface area contributed by atoms with Gasteiger partial charge in [0.2, 0.25) is 5.95 Å². The summed E-state index contributed by atoms with van der Waals surface area (Å²) in [5, 5.41) is 2.98. The van der Waals surface area contributed by atoms with Gasteiger partial charge in [-0.05, 0) is 19.8 Å². The third-order valence-corrected chi connectivity index (χ3v) is 2.16. The number of alkyl halides is 3. The average Bonchev–Trinajstić information content (AvgIpc) is 2.77. The summed E-state index contributed by atoms with van der Waals surface area (Å²) in [5.41, 5.74) is 0.599. The Labute approximate surface area is 85.3 Å². The lowest BCUT2D eigenvalue weighted by Crippen LogP contribution is -2.19. The van der Waals surface area contributed by atoms with E-state index in [0.717, 1.165) is 17.4 Å². The molecule has 1 heterocycles. The maximum Gasteiger partial charge on any atom is 0.406 e. The van der Waals surface area contributed by atoms with Crippen molar-refractivity contribution in [2.75, 3.05) is 5.32 Å². The first-order chi connectivity index (χ1) is 6.94. The summed E-state index contributed by atoms with van der Waals surface area (Å²) in [6.45, 7) is 0.702. The minimum Gasteiger partial charge on any atom is -0.353 e. The fourth-order valence-corrected chi connectivity index (χ4v) is 1.39. The van der Waals surface area contributed by atoms with Crippen LogP contribution in [0.2, 0.25) is 0 Å². The van der Waals surface area contributed by atoms with Crippen molar-refractivity contribution in [2.45, 2.75) is 38.5 Å². The Morgan fingerprint density at radius 3 is 2.73 bits per heavy atom. The molecule has 3 nitrogen and oxygen atoms in total. The van der Waals surface area contributed by atoms with Gasteiger partial charge in [-0.1, -0.05) is 0 Å². The standard InChI is InChI=1S/C9H12F3N3/c1-6-4-15(5-9(10,11)12)8(13-6)14-7-2-3-7/h4,7H,2-3,5H2,1H3,(H,13,14). The second-order valence-electron chi connectivity index (χ2n) is 3.87. The molecule has 0 spiro atoms. The predicted octanol–water partition coefficient (Wildman–Crippen LogP) is 2.33. The summed E-state index contributed by atoms with van der Waals surface area (Å²) in [4.78, 5) is 4.03. The zero-order valence-electron chi connectivity index (χ0n) is 8.30. The lowest BCUT2D eigenvalue weighted by molar-refractivity contribution is -0.140. The van der Waals surface area contributed by atoms with E-state index in [1.165, 1.54) is 6.20 Å². The van der Waals surface area contributed by atoms with Crippen molar-refractivity contribution in [1.82, 2.24) is 9.55 Å². The van der Waals surface area contributed by atoms with Gasteiger partial charge >= 0.3 is 6.18 Å². The molecule has 15 heavy (non-hydrogen) atoms. The smallest absolute Gasteiger partial charge is 0.353 e. The molecule has 0 saturated heterocycles. The van der Waals surface area contributed by atoms with E-state index in [2.05, 4.69) is 10.3 Å². The van der Waals surface area contributed by atoms with Crippen molar-refractivity contribution in [3.63, 3.8) is 0 Å². The van der Waals surface area contributed by atoms with Crippen molar-refractivity contribution >= 4 is 5.95 Å². The van der Waals surface area contributed by atoms with E-state index < -0.39 is 12.7 Å². The second-order valence-corrected chi connectivity index (χ2v) is 3.87. The quantitative estimate of drug-likeness (QED) is 0.845. The van der Waals surface area contributed by atoms with Crippen LogP contribution < -0.4 is 5.32 Å². The van der Waals surface area contributed by atoms with Crippen LogP contribution in [-0.4, -0.2) is 21.8 Å². The molecule has 0 radical (unpaired) electrons. The minimum absolute atomic E-state index is 0.304. The maximum atomic E-state index is 12.2. The molecular formula is C9H12F3N3. The van der Waals surface area contributed by atoms with Gasteiger partial charge in [-0.3, -0.25) is 0 Å². The second kappa shape index (κ2) is 3.43. The molecule has 1 aromatic heterocycles. The fraction of sp³-hybridized carbons (Fsp3) is 0.667. The number of hydrogen-bond donors (Lipinski definition) is 1. The molecule has 0 amide bonds. The number of anilines is 1. The van der Waals surface area contributed by atoms with Gasteiger partial charge in [0, 0.05) is 12.2 Å². The zero-order chi connectivity index (χ0) is 11.1. The Morgan fingerprint density at radius 1 is 1.53 bits per heavy atom. The van der Waals surface area contributed by atoms with Crippen molar-refractivity contribution in [3.8, 4) is 0 Å². The number of nitrogens with one attached hydrogen (secondary N) is 1. The lowest BCUT2D eigenvalue weighted by Gasteiger charge is -2.11. The highest BCUT2D eigenvalue weighted by molar-refractivity contribution is 5.32. The molecule has 1 aromatic rings. The molecule has 0 aromatic carbocycles. The monoisotopic (exact) mass is 219 g/mol. The van der Waals surface area contributed by atoms with E-state index in [-0.39, 0.29) is 0 Å². The third kappa shape index (κ3) is 2.87. The van der Waals surface area contributed by atoms with Crippen molar-refractivity contribution < 1.29 is 13.2 Å². The molecule has 0 bridgehead atoms. The van der Waals surface area contributed by atoms with Gasteiger partial charge in [0.15, 0.2) is 0 Å². The summed E-state index contributed by atoms with van der Waals surface area (Å²) in [5.74, 6) is 0.326. The van der Waals surface area contributed by atoms with Crippen LogP contribution >= 0.6 is 0 Å². The Bertz CT molecular complexity index is 352. The molecule has 1 fully saturated rings. The Balaban J connectivity index is 2.13. The number of aryl methyl sites for hydroxylation is 1. The first-order valence-electron chi connectivity index (χ1n) is 4.81. The number of hydrogen-bond acceptors (Lipinski definition) is 2. The van der Waals surface area contributed by atoms with E-state index in [1.54, 1.807) is 6.92 Å². The largest absolute Gasteiger partial charge is 0.406 e. The Hall–Kier alpha value is -1.20. The Kier molecular flexibility index (Phi) is 2.36. The number of imidazole rings is 1. The van der Waals surface area contributed by atoms with Crippen molar-refractivity contribution in [3.05, 3.63) is 11.9 Å². The van der Waals surface area contributed by atoms with Gasteiger partial charge in [-0.25, -0.2) is 4.98 Å². The maximum absolute atomic E-state index is 12.2. The van der Waals surface area contributed by atoms with Gasteiger partial charge in [-0.2, -0.15) is 13.2 Å². The van der Waals surface area contributed by atoms with Crippen LogP contribution in [0.5, 0.6) is 0 Å². The number of aromatic nitrogens is 2. The van der Waals surface area contributed by atoms with E-state index in [4.69, 9.17) is 0 Å². The first kappa shape index (κ1) is 10.3. The molecule has 0 unspecified atom stereocenters. The van der Waals surface area contributed by atoms with E-state index in [0.29, 0.717) is 17.7 Å². The third-order valence-electron chi connectivity index (χ3n) is 2.16. The van der Waals surface area contributed by atoms with Crippen LogP contribution in [0.1, 0.15) is 18.5 Å². The summed E-state index contributed by atoms with van der Waals surface area (Å²) >= 11 is 0. The van der Waals surface area contributed by atoms with Crippen molar-refractivity contribution in [1.29, 1.82) is 0 Å². The summed E-state index contributed by atoms with van der Waals surface area (Å²) in [6, 6.07) is 0.304. The molecule has 0 aliphatic heterocycles. The number of rotatable bonds is 3. The summed E-state index contributed by atoms with van der Waals surface area (Å²) < 4.78 is 37.7. The SMILES string of the molecule is Cc1cn(CC(F)(F)F)c(NC2CC2)n1. The van der Waals surface area contributed by atoms with Crippen LogP contribution in [0, 0.1) is 6.92 Å². The minimum atomic E-state index is -4.20. The predicted molar refractivity (Wildman–Crippen MR) is 49.7 cm³/mol. The Morgan fingerprint density at radius 2 is 2.20 bits per heavy atom. The van der Waals surface area contributed by atoms with Crippen LogP contribution in [0.15, 0.2) is 6.20 Å². The topological polar surface area (TPSA) is 29.9 Å². The van der Waals surface area contributed by atoms with E-state index in [9.17, 15) is 13.2 Å². The van der Waals surface area contributed by atoms with Gasteiger partial charge in [0.25, 0.3) is 0 Å². The van der Waals surface area contributed by atoms with Gasteiger partial charge < -0.3 is 9.88 Å². The molecular weight excluding hydrogens is 207 g/mol. The number of nitrogens with zero attached hydrogens (tertiary/aromatic N) is 2. The van der Waals surface area contributed by atoms with E-state index in [1.807, 2.05) is 0 Å². The van der Waals surface area contributed by atoms with Crippen LogP contribution in [0.25, 0.3) is 0 Å². The zero-order valence-corrected chi connectivity index (χ0v) is 8.30. The normalized spacial score (nSPS) is 16.8. The molecule has 1 aliphatic rings. The van der Waals surface area contributed by atoms with Gasteiger partial charge in [0.1, 0.15) is 6.54 Å². The molecule has 1 N–H and O–H groups in total. The van der Waals surface area contributed by atoms with E-state index >= 15 is 0 Å². The summed E-state index contributed by atoms with van der Waals surface area (Å²) in [7, 11) is 0. The first-order valence-corrected chi connectivity index (χ1v) is 4.81. The molecule has 84 valence electrons. The highest BCUT2D eigenvalue weighted by atomic mass is 19.4.